The summed E-state index contributed by atoms with van der Waals surface area (Å²) in [5.74, 6) is 0. The van der Waals surface area contributed by atoms with Crippen LogP contribution in [0.25, 0.3) is 0 Å². The zero-order valence-corrected chi connectivity index (χ0v) is 11.6. The van der Waals surface area contributed by atoms with Crippen molar-refractivity contribution < 1.29 is 5.11 Å². The van der Waals surface area contributed by atoms with Gasteiger partial charge in [0, 0.05) is 23.5 Å². The molecule has 0 spiro atoms. The van der Waals surface area contributed by atoms with Crippen LogP contribution in [0.5, 0.6) is 0 Å². The van der Waals surface area contributed by atoms with Gasteiger partial charge in [0.05, 0.1) is 6.10 Å². The smallest absolute Gasteiger partial charge is 0.0807 e. The molecule has 0 aliphatic heterocycles. The lowest BCUT2D eigenvalue weighted by Gasteiger charge is -2.23. The number of aromatic nitrogens is 1. The summed E-state index contributed by atoms with van der Waals surface area (Å²) in [6.45, 7) is 10.1. The molecule has 0 radical (unpaired) electrons. The number of aryl methyl sites for hydroxylation is 1. The molecule has 1 aromatic rings. The number of fused-ring (bicyclic) bond motifs is 1. The summed E-state index contributed by atoms with van der Waals surface area (Å²) in [7, 11) is 0. The van der Waals surface area contributed by atoms with E-state index in [0.29, 0.717) is 5.41 Å². The normalized spacial score (nSPS) is 20.4. The first-order valence-corrected chi connectivity index (χ1v) is 6.75. The van der Waals surface area contributed by atoms with Gasteiger partial charge in [0.1, 0.15) is 0 Å². The largest absolute Gasteiger partial charge is 0.388 e. The predicted octanol–water partition coefficient (Wildman–Crippen LogP) is 3.60. The summed E-state index contributed by atoms with van der Waals surface area (Å²) in [5.41, 5.74) is 4.24. The Morgan fingerprint density at radius 3 is 2.76 bits per heavy atom. The molecule has 1 N–H and O–H groups in total. The molecular weight excluding hydrogens is 210 g/mol. The fraction of sp³-hybridized carbons (Fsp3) is 0.733. The third-order valence-electron chi connectivity index (χ3n) is 3.78. The minimum Gasteiger partial charge on any atom is -0.388 e. The lowest BCUT2D eigenvalue weighted by Crippen LogP contribution is -2.16. The van der Waals surface area contributed by atoms with Gasteiger partial charge in [-0.1, -0.05) is 20.8 Å². The molecule has 96 valence electrons. The first-order valence-electron chi connectivity index (χ1n) is 6.75. The van der Waals surface area contributed by atoms with Gasteiger partial charge >= 0.3 is 0 Å². The van der Waals surface area contributed by atoms with Crippen LogP contribution in [-0.2, 0) is 13.0 Å². The number of aliphatic hydroxyl groups is 1. The van der Waals surface area contributed by atoms with Crippen molar-refractivity contribution >= 4 is 0 Å². The Kier molecular flexibility index (Phi) is 3.35. The average Bonchev–Trinajstić information content (AvgIpc) is 2.52. The van der Waals surface area contributed by atoms with Crippen LogP contribution in [-0.4, -0.2) is 9.67 Å². The number of aliphatic hydroxyl groups excluding tert-OH is 1. The van der Waals surface area contributed by atoms with Gasteiger partial charge < -0.3 is 9.67 Å². The van der Waals surface area contributed by atoms with E-state index in [4.69, 9.17) is 0 Å². The van der Waals surface area contributed by atoms with E-state index in [9.17, 15) is 5.11 Å². The molecule has 1 aliphatic carbocycles. The molecule has 17 heavy (non-hydrogen) atoms. The Hall–Kier alpha value is -0.760. The number of hydrogen-bond acceptors (Lipinski definition) is 1. The molecule has 2 heteroatoms. The molecule has 0 saturated carbocycles. The third kappa shape index (κ3) is 2.74. The van der Waals surface area contributed by atoms with Crippen molar-refractivity contribution in [3.63, 3.8) is 0 Å². The maximum atomic E-state index is 10.0. The second-order valence-electron chi connectivity index (χ2n) is 6.56. The highest BCUT2D eigenvalue weighted by Crippen LogP contribution is 2.33. The van der Waals surface area contributed by atoms with E-state index in [-0.39, 0.29) is 6.10 Å². The molecule has 1 unspecified atom stereocenters. The van der Waals surface area contributed by atoms with Crippen molar-refractivity contribution in [2.75, 3.05) is 0 Å². The Balaban J connectivity index is 2.23. The second-order valence-corrected chi connectivity index (χ2v) is 6.56. The van der Waals surface area contributed by atoms with E-state index >= 15 is 0 Å². The fourth-order valence-corrected chi connectivity index (χ4v) is 2.70. The quantitative estimate of drug-likeness (QED) is 0.832. The average molecular weight is 235 g/mol. The summed E-state index contributed by atoms with van der Waals surface area (Å²) in [6, 6.07) is 2.18. The maximum absolute atomic E-state index is 10.0. The van der Waals surface area contributed by atoms with Gasteiger partial charge in [-0.3, -0.25) is 0 Å². The minimum absolute atomic E-state index is 0.228. The lowest BCUT2D eigenvalue weighted by atomic mass is 9.92. The predicted molar refractivity (Wildman–Crippen MR) is 71.1 cm³/mol. The van der Waals surface area contributed by atoms with Gasteiger partial charge in [0.25, 0.3) is 0 Å². The van der Waals surface area contributed by atoms with E-state index in [0.717, 1.165) is 25.8 Å². The van der Waals surface area contributed by atoms with E-state index in [1.165, 1.54) is 23.4 Å². The fourth-order valence-electron chi connectivity index (χ4n) is 2.70. The Morgan fingerprint density at radius 2 is 2.12 bits per heavy atom. The Morgan fingerprint density at radius 1 is 1.41 bits per heavy atom. The number of hydrogen-bond donors (Lipinski definition) is 1. The van der Waals surface area contributed by atoms with Gasteiger partial charge in [-0.2, -0.15) is 0 Å². The summed E-state index contributed by atoms with van der Waals surface area (Å²) in [5, 5.41) is 10.0. The van der Waals surface area contributed by atoms with Crippen LogP contribution in [0.4, 0.5) is 0 Å². The van der Waals surface area contributed by atoms with Gasteiger partial charge in [-0.15, -0.1) is 0 Å². The Bertz CT molecular complexity index is 398. The molecule has 1 heterocycles. The first kappa shape index (κ1) is 12.7. The Labute approximate surface area is 105 Å². The zero-order valence-electron chi connectivity index (χ0n) is 11.6. The monoisotopic (exact) mass is 235 g/mol. The highest BCUT2D eigenvalue weighted by molar-refractivity contribution is 5.31. The van der Waals surface area contributed by atoms with Gasteiger partial charge in [-0.05, 0) is 44.1 Å². The topological polar surface area (TPSA) is 25.2 Å². The molecule has 0 aromatic carbocycles. The van der Waals surface area contributed by atoms with Crippen LogP contribution in [0.1, 0.15) is 63.1 Å². The van der Waals surface area contributed by atoms with Crippen molar-refractivity contribution in [1.29, 1.82) is 0 Å². The molecule has 0 amide bonds. The van der Waals surface area contributed by atoms with E-state index in [1.807, 2.05) is 0 Å². The van der Waals surface area contributed by atoms with Crippen LogP contribution in [0.2, 0.25) is 0 Å². The zero-order chi connectivity index (χ0) is 12.6. The summed E-state index contributed by atoms with van der Waals surface area (Å²) in [4.78, 5) is 0. The lowest BCUT2D eigenvalue weighted by molar-refractivity contribution is 0.155. The summed E-state index contributed by atoms with van der Waals surface area (Å²) in [6.07, 6.45) is 4.13. The molecule has 2 nitrogen and oxygen atoms in total. The molecule has 2 rings (SSSR count). The molecule has 1 aromatic heterocycles. The van der Waals surface area contributed by atoms with Crippen LogP contribution < -0.4 is 0 Å². The summed E-state index contributed by atoms with van der Waals surface area (Å²) >= 11 is 0. The van der Waals surface area contributed by atoms with E-state index in [2.05, 4.69) is 38.3 Å². The van der Waals surface area contributed by atoms with Crippen LogP contribution in [0.15, 0.2) is 6.07 Å². The van der Waals surface area contributed by atoms with Gasteiger partial charge in [-0.25, -0.2) is 0 Å². The van der Waals surface area contributed by atoms with Crippen LogP contribution >= 0.6 is 0 Å². The van der Waals surface area contributed by atoms with Gasteiger partial charge in [0.15, 0.2) is 0 Å². The van der Waals surface area contributed by atoms with E-state index < -0.39 is 0 Å². The molecular formula is C15H25NO. The standard InChI is InChI=1S/C15H25NO/c1-11-10-12-13(6-5-7-14(12)17)16(11)9-8-15(2,3)4/h10,14,17H,5-9H2,1-4H3. The van der Waals surface area contributed by atoms with Crippen molar-refractivity contribution in [3.05, 3.63) is 23.0 Å². The molecule has 0 saturated heterocycles. The minimum atomic E-state index is -0.228. The van der Waals surface area contributed by atoms with Crippen LogP contribution in [0, 0.1) is 12.3 Å². The highest BCUT2D eigenvalue weighted by atomic mass is 16.3. The van der Waals surface area contributed by atoms with Crippen LogP contribution in [0.3, 0.4) is 0 Å². The van der Waals surface area contributed by atoms with Crippen molar-refractivity contribution in [1.82, 2.24) is 4.57 Å². The van der Waals surface area contributed by atoms with Gasteiger partial charge in [0.2, 0.25) is 0 Å². The molecule has 0 fully saturated rings. The second kappa shape index (κ2) is 4.49. The number of rotatable bonds is 2. The molecule has 0 bridgehead atoms. The van der Waals surface area contributed by atoms with Crippen molar-refractivity contribution in [2.45, 2.75) is 66.0 Å². The van der Waals surface area contributed by atoms with Crippen molar-refractivity contribution in [3.8, 4) is 0 Å². The van der Waals surface area contributed by atoms with Crippen molar-refractivity contribution in [2.24, 2.45) is 5.41 Å². The SMILES string of the molecule is Cc1cc2c(n1CCC(C)(C)C)CCCC2O. The maximum Gasteiger partial charge on any atom is 0.0807 e. The summed E-state index contributed by atoms with van der Waals surface area (Å²) < 4.78 is 2.42. The molecule has 1 atom stereocenters. The third-order valence-corrected chi connectivity index (χ3v) is 3.78. The number of nitrogens with zero attached hydrogens (tertiary/aromatic N) is 1. The molecule has 1 aliphatic rings. The first-order chi connectivity index (χ1) is 7.88. The van der Waals surface area contributed by atoms with E-state index in [1.54, 1.807) is 0 Å². The highest BCUT2D eigenvalue weighted by Gasteiger charge is 2.23.